The van der Waals surface area contributed by atoms with Crippen molar-refractivity contribution >= 4 is 46.4 Å². The van der Waals surface area contributed by atoms with Crippen LogP contribution in [-0.4, -0.2) is 39.6 Å². The summed E-state index contributed by atoms with van der Waals surface area (Å²) in [7, 11) is 1.55. The van der Waals surface area contributed by atoms with E-state index in [1.54, 1.807) is 49.7 Å². The van der Waals surface area contributed by atoms with Gasteiger partial charge in [-0.05, 0) is 64.4 Å². The number of pyridine rings is 1. The highest BCUT2D eigenvalue weighted by Gasteiger charge is 2.64. The van der Waals surface area contributed by atoms with Crippen molar-refractivity contribution < 1.29 is 19.1 Å². The third-order valence-electron chi connectivity index (χ3n) is 7.53. The van der Waals surface area contributed by atoms with Gasteiger partial charge in [0.15, 0.2) is 11.2 Å². The first-order valence-electron chi connectivity index (χ1n) is 13.5. The number of benzene rings is 2. The number of ether oxygens (including phenoxy) is 2. The van der Waals surface area contributed by atoms with Gasteiger partial charge in [0, 0.05) is 39.6 Å². The fraction of sp³-hybridized carbons (Fsp3) is 0.290. The van der Waals surface area contributed by atoms with Crippen LogP contribution in [0.4, 0.5) is 11.4 Å². The lowest BCUT2D eigenvalue weighted by Gasteiger charge is -2.36. The number of nitrogens with zero attached hydrogens (tertiary/aromatic N) is 4. The van der Waals surface area contributed by atoms with Gasteiger partial charge in [-0.15, -0.1) is 0 Å². The molecule has 11 heteroatoms. The van der Waals surface area contributed by atoms with Gasteiger partial charge in [-0.3, -0.25) is 14.5 Å². The zero-order valence-corrected chi connectivity index (χ0v) is 25.5. The molecular weight excluding hydrogens is 577 g/mol. The maximum Gasteiger partial charge on any atom is 0.280 e. The topological polar surface area (TPSA) is 98.6 Å². The Balaban J connectivity index is 1.68. The largest absolute Gasteiger partial charge is 0.496 e. The van der Waals surface area contributed by atoms with Gasteiger partial charge in [0.05, 0.1) is 30.2 Å². The number of nitrogens with one attached hydrogen (secondary N) is 1. The lowest BCUT2D eigenvalue weighted by atomic mass is 9.86. The second-order valence-corrected chi connectivity index (χ2v) is 11.8. The van der Waals surface area contributed by atoms with Crippen LogP contribution in [0.1, 0.15) is 61.0 Å². The zero-order chi connectivity index (χ0) is 30.1. The Morgan fingerprint density at radius 2 is 1.71 bits per heavy atom. The van der Waals surface area contributed by atoms with E-state index in [9.17, 15) is 9.59 Å². The Kier molecular flexibility index (Phi) is 6.70. The van der Waals surface area contributed by atoms with E-state index in [0.717, 1.165) is 5.56 Å². The van der Waals surface area contributed by atoms with Gasteiger partial charge in [-0.2, -0.15) is 0 Å². The number of hydrogen-bond donors (Lipinski definition) is 1. The Hall–Kier alpha value is -4.08. The first-order chi connectivity index (χ1) is 20.0. The molecule has 0 saturated carbocycles. The smallest absolute Gasteiger partial charge is 0.280 e. The van der Waals surface area contributed by atoms with Gasteiger partial charge in [0.2, 0.25) is 5.88 Å². The normalized spacial score (nSPS) is 17.3. The monoisotopic (exact) mass is 605 g/mol. The molecule has 2 amide bonds. The fourth-order valence-corrected chi connectivity index (χ4v) is 6.23. The maximum atomic E-state index is 14.5. The number of anilines is 2. The molecule has 0 radical (unpaired) electrons. The molecule has 1 N–H and O–H groups in total. The molecule has 0 saturated heterocycles. The minimum Gasteiger partial charge on any atom is -0.496 e. The van der Waals surface area contributed by atoms with Crippen LogP contribution in [0.5, 0.6) is 11.6 Å². The van der Waals surface area contributed by atoms with E-state index in [1.807, 2.05) is 45.3 Å². The summed E-state index contributed by atoms with van der Waals surface area (Å²) < 4.78 is 13.4. The summed E-state index contributed by atoms with van der Waals surface area (Å²) in [6.45, 7) is 9.64. The number of carbonyl (C=O) groups excluding carboxylic acids is 2. The number of aryl methyl sites for hydroxylation is 1. The molecule has 4 heterocycles. The first-order valence-corrected chi connectivity index (χ1v) is 14.3. The van der Waals surface area contributed by atoms with E-state index in [4.69, 9.17) is 37.7 Å². The standard InChI is InChI=1S/C31H29Cl2N5O4/c1-15(2)37-27-26(36-28(37)20-14-34-25(42-16(3)4)13-24(20)41-6)29(39)38(23-12-19(33)8-7-17(23)5)31(27)21-10-9-18(32)11-22(21)35-30(31)40/h7-16H,1-6H3,(H,35,40)/t31-/m0/s1. The minimum atomic E-state index is -1.58. The van der Waals surface area contributed by atoms with Crippen molar-refractivity contribution in [2.24, 2.45) is 0 Å². The summed E-state index contributed by atoms with van der Waals surface area (Å²) in [5.74, 6) is 0.488. The van der Waals surface area contributed by atoms with Crippen molar-refractivity contribution in [2.75, 3.05) is 17.3 Å². The molecule has 2 aliphatic rings. The fourth-order valence-electron chi connectivity index (χ4n) is 5.89. The van der Waals surface area contributed by atoms with Gasteiger partial charge in [0.25, 0.3) is 11.8 Å². The molecule has 0 fully saturated rings. The van der Waals surface area contributed by atoms with Crippen molar-refractivity contribution in [1.29, 1.82) is 0 Å². The molecule has 9 nitrogen and oxygen atoms in total. The third-order valence-corrected chi connectivity index (χ3v) is 8.00. The van der Waals surface area contributed by atoms with E-state index in [0.29, 0.717) is 55.7 Å². The molecule has 1 atom stereocenters. The zero-order valence-electron chi connectivity index (χ0n) is 24.0. The van der Waals surface area contributed by atoms with Crippen molar-refractivity contribution in [3.8, 4) is 23.0 Å². The van der Waals surface area contributed by atoms with E-state index < -0.39 is 17.4 Å². The van der Waals surface area contributed by atoms with Gasteiger partial charge in [-0.1, -0.05) is 35.3 Å². The van der Waals surface area contributed by atoms with E-state index >= 15 is 0 Å². The molecule has 2 aliphatic heterocycles. The second-order valence-electron chi connectivity index (χ2n) is 10.9. The van der Waals surface area contributed by atoms with Crippen LogP contribution in [0.15, 0.2) is 48.7 Å². The average molecular weight is 607 g/mol. The summed E-state index contributed by atoms with van der Waals surface area (Å²) in [6, 6.07) is 11.9. The molecule has 6 rings (SSSR count). The molecule has 216 valence electrons. The highest BCUT2D eigenvalue weighted by atomic mass is 35.5. The van der Waals surface area contributed by atoms with Crippen molar-refractivity contribution in [3.63, 3.8) is 0 Å². The quantitative estimate of drug-likeness (QED) is 0.260. The molecule has 0 aliphatic carbocycles. The second kappa shape index (κ2) is 10.0. The van der Waals surface area contributed by atoms with Gasteiger partial charge in [0.1, 0.15) is 11.6 Å². The molecule has 42 heavy (non-hydrogen) atoms. The van der Waals surface area contributed by atoms with Gasteiger partial charge < -0.3 is 19.4 Å². The average Bonchev–Trinajstić information content (AvgIpc) is 3.53. The highest BCUT2D eigenvalue weighted by molar-refractivity contribution is 6.32. The molecule has 4 aromatic rings. The van der Waals surface area contributed by atoms with Crippen molar-refractivity contribution in [2.45, 2.75) is 52.3 Å². The van der Waals surface area contributed by atoms with Crippen LogP contribution in [-0.2, 0) is 10.3 Å². The summed E-state index contributed by atoms with van der Waals surface area (Å²) in [5, 5.41) is 3.88. The van der Waals surface area contributed by atoms with E-state index in [2.05, 4.69) is 10.3 Å². The lowest BCUT2D eigenvalue weighted by molar-refractivity contribution is -0.119. The molecular formula is C31H29Cl2N5O4. The Bertz CT molecular complexity index is 1780. The number of rotatable bonds is 6. The Morgan fingerprint density at radius 1 is 1.00 bits per heavy atom. The number of carbonyl (C=O) groups is 2. The van der Waals surface area contributed by atoms with Gasteiger partial charge >= 0.3 is 0 Å². The predicted molar refractivity (Wildman–Crippen MR) is 162 cm³/mol. The minimum absolute atomic E-state index is 0.0811. The number of amides is 2. The number of fused-ring (bicyclic) bond motifs is 4. The van der Waals surface area contributed by atoms with Crippen LogP contribution in [0.25, 0.3) is 11.4 Å². The Labute approximate surface area is 253 Å². The number of halogens is 2. The predicted octanol–water partition coefficient (Wildman–Crippen LogP) is 6.79. The van der Waals surface area contributed by atoms with Crippen LogP contribution in [0.2, 0.25) is 10.0 Å². The molecule has 1 spiro atoms. The number of aromatic nitrogens is 3. The molecule has 0 bridgehead atoms. The third kappa shape index (κ3) is 3.98. The molecule has 2 aromatic carbocycles. The van der Waals surface area contributed by atoms with E-state index in [-0.39, 0.29) is 17.8 Å². The molecule has 2 aromatic heterocycles. The summed E-state index contributed by atoms with van der Waals surface area (Å²) in [6.07, 6.45) is 1.54. The van der Waals surface area contributed by atoms with Gasteiger partial charge in [-0.25, -0.2) is 9.97 Å². The molecule has 0 unspecified atom stereocenters. The maximum absolute atomic E-state index is 14.5. The van der Waals surface area contributed by atoms with Crippen LogP contribution in [0.3, 0.4) is 0 Å². The summed E-state index contributed by atoms with van der Waals surface area (Å²) >= 11 is 12.8. The van der Waals surface area contributed by atoms with Crippen molar-refractivity contribution in [3.05, 3.63) is 81.2 Å². The number of methoxy groups -OCH3 is 1. The Morgan fingerprint density at radius 3 is 2.40 bits per heavy atom. The number of hydrogen-bond acceptors (Lipinski definition) is 6. The first kappa shape index (κ1) is 28.1. The number of imidazole rings is 1. The SMILES string of the molecule is COc1cc(OC(C)C)ncc1-c1nc2c(n1C(C)C)[C@@]1(C(=O)Nc3cc(Cl)ccc31)N(c1cc(Cl)ccc1C)C2=O. The van der Waals surface area contributed by atoms with Crippen LogP contribution < -0.4 is 19.7 Å². The van der Waals surface area contributed by atoms with Crippen LogP contribution >= 0.6 is 23.2 Å². The highest BCUT2D eigenvalue weighted by Crippen LogP contribution is 2.55. The van der Waals surface area contributed by atoms with Crippen LogP contribution in [0, 0.1) is 6.92 Å². The lowest BCUT2D eigenvalue weighted by Crippen LogP contribution is -2.51. The summed E-state index contributed by atoms with van der Waals surface area (Å²) in [5.41, 5.74) is 1.96. The summed E-state index contributed by atoms with van der Waals surface area (Å²) in [4.78, 5) is 39.8. The van der Waals surface area contributed by atoms with E-state index in [1.165, 1.54) is 4.90 Å². The van der Waals surface area contributed by atoms with Crippen molar-refractivity contribution in [1.82, 2.24) is 14.5 Å².